The molecule has 102 valence electrons. The number of methoxy groups -OCH3 is 1. The maximum atomic E-state index is 12.1. The Hall–Kier alpha value is -1.85. The highest BCUT2D eigenvalue weighted by Gasteiger charge is 2.76. The average Bonchev–Trinajstić information content (AvgIpc) is 2.98. The number of esters is 3. The molecule has 6 nitrogen and oxygen atoms in total. The number of fused-ring (bicyclic) bond motifs is 1. The highest BCUT2D eigenvalue weighted by Crippen LogP contribution is 2.64. The van der Waals surface area contributed by atoms with Gasteiger partial charge in [0.15, 0.2) is 6.10 Å². The molecule has 0 radical (unpaired) electrons. The van der Waals surface area contributed by atoms with E-state index in [4.69, 9.17) is 14.2 Å². The van der Waals surface area contributed by atoms with Crippen LogP contribution in [0.3, 0.4) is 0 Å². The number of carbonyl (C=O) groups is 3. The van der Waals surface area contributed by atoms with Gasteiger partial charge in [0.1, 0.15) is 11.5 Å². The molecule has 0 N–H and O–H groups in total. The van der Waals surface area contributed by atoms with Gasteiger partial charge in [-0.3, -0.25) is 9.59 Å². The summed E-state index contributed by atoms with van der Waals surface area (Å²) in [5.41, 5.74) is -0.970. The van der Waals surface area contributed by atoms with Gasteiger partial charge in [0.25, 0.3) is 0 Å². The van der Waals surface area contributed by atoms with E-state index in [2.05, 4.69) is 6.58 Å². The predicted molar refractivity (Wildman–Crippen MR) is 60.6 cm³/mol. The van der Waals surface area contributed by atoms with E-state index in [1.165, 1.54) is 7.11 Å². The summed E-state index contributed by atoms with van der Waals surface area (Å²) in [6.07, 6.45) is 0.729. The topological polar surface area (TPSA) is 78.9 Å². The summed E-state index contributed by atoms with van der Waals surface area (Å²) >= 11 is 0. The van der Waals surface area contributed by atoms with Crippen molar-refractivity contribution < 1.29 is 28.6 Å². The molecule has 0 aromatic rings. The van der Waals surface area contributed by atoms with Crippen molar-refractivity contribution in [3.05, 3.63) is 12.7 Å². The van der Waals surface area contributed by atoms with Gasteiger partial charge in [0, 0.05) is 12.0 Å². The Labute approximate surface area is 109 Å². The summed E-state index contributed by atoms with van der Waals surface area (Å²) in [5.74, 6) is -1.92. The van der Waals surface area contributed by atoms with Gasteiger partial charge in [0.2, 0.25) is 0 Å². The van der Waals surface area contributed by atoms with E-state index < -0.39 is 41.4 Å². The highest BCUT2D eigenvalue weighted by atomic mass is 16.6. The first kappa shape index (κ1) is 12.2. The molecule has 0 aromatic carbocycles. The van der Waals surface area contributed by atoms with Crippen LogP contribution >= 0.6 is 0 Å². The number of hydrogen-bond donors (Lipinski definition) is 0. The Bertz CT molecular complexity index is 484. The van der Waals surface area contributed by atoms with Gasteiger partial charge in [-0.05, 0) is 12.8 Å². The molecule has 0 aromatic heterocycles. The summed E-state index contributed by atoms with van der Waals surface area (Å²) in [5, 5.41) is 0. The first-order chi connectivity index (χ1) is 9.04. The molecule has 0 amide bonds. The lowest BCUT2D eigenvalue weighted by molar-refractivity contribution is -0.166. The van der Waals surface area contributed by atoms with Crippen molar-refractivity contribution in [2.75, 3.05) is 7.11 Å². The third-order valence-corrected chi connectivity index (χ3v) is 4.54. The molecule has 1 aliphatic heterocycles. The normalized spacial score (nSPS) is 41.8. The molecule has 2 aliphatic carbocycles. The van der Waals surface area contributed by atoms with Crippen LogP contribution in [0.5, 0.6) is 0 Å². The minimum absolute atomic E-state index is 0.0375. The number of ether oxygens (including phenoxy) is 3. The first-order valence-corrected chi connectivity index (χ1v) is 6.16. The molecule has 3 aliphatic rings. The second kappa shape index (κ2) is 3.82. The summed E-state index contributed by atoms with van der Waals surface area (Å²) in [7, 11) is 1.29. The van der Waals surface area contributed by atoms with E-state index in [0.29, 0.717) is 12.8 Å². The monoisotopic (exact) mass is 266 g/mol. The molecular formula is C13H14O6. The van der Waals surface area contributed by atoms with Crippen molar-refractivity contribution in [2.24, 2.45) is 17.3 Å². The van der Waals surface area contributed by atoms with E-state index in [0.717, 1.165) is 6.08 Å². The Morgan fingerprint density at radius 1 is 1.53 bits per heavy atom. The zero-order valence-electron chi connectivity index (χ0n) is 10.5. The number of rotatable bonds is 3. The summed E-state index contributed by atoms with van der Waals surface area (Å²) in [6, 6.07) is 0. The fourth-order valence-corrected chi connectivity index (χ4v) is 3.84. The van der Waals surface area contributed by atoms with Crippen LogP contribution in [0.15, 0.2) is 12.7 Å². The van der Waals surface area contributed by atoms with Gasteiger partial charge in [-0.2, -0.15) is 0 Å². The van der Waals surface area contributed by atoms with Crippen LogP contribution in [0, 0.1) is 17.3 Å². The average molecular weight is 266 g/mol. The molecule has 5 unspecified atom stereocenters. The number of carbonyl (C=O) groups excluding carboxylic acids is 3. The van der Waals surface area contributed by atoms with Crippen molar-refractivity contribution in [3.63, 3.8) is 0 Å². The number of hydrogen-bond acceptors (Lipinski definition) is 6. The molecule has 1 saturated heterocycles. The zero-order chi connectivity index (χ0) is 13.8. The van der Waals surface area contributed by atoms with Gasteiger partial charge in [0.05, 0.1) is 13.0 Å². The van der Waals surface area contributed by atoms with Gasteiger partial charge in [-0.15, -0.1) is 0 Å². The summed E-state index contributed by atoms with van der Waals surface area (Å²) < 4.78 is 15.4. The molecule has 19 heavy (non-hydrogen) atoms. The van der Waals surface area contributed by atoms with E-state index in [1.54, 1.807) is 0 Å². The molecule has 5 atom stereocenters. The minimum atomic E-state index is -0.970. The summed E-state index contributed by atoms with van der Waals surface area (Å²) in [4.78, 5) is 35.3. The van der Waals surface area contributed by atoms with Crippen LogP contribution in [-0.4, -0.2) is 37.2 Å². The molecule has 2 saturated carbocycles. The van der Waals surface area contributed by atoms with Crippen molar-refractivity contribution in [2.45, 2.75) is 25.0 Å². The SMILES string of the molecule is C=CC(=O)OC1C2CC3C(=O)OC1C3(C(=O)OC)C2. The Morgan fingerprint density at radius 3 is 2.89 bits per heavy atom. The van der Waals surface area contributed by atoms with Crippen molar-refractivity contribution >= 4 is 17.9 Å². The third kappa shape index (κ3) is 1.34. The Morgan fingerprint density at radius 2 is 2.26 bits per heavy atom. The van der Waals surface area contributed by atoms with E-state index in [-0.39, 0.29) is 5.92 Å². The molecule has 3 fully saturated rings. The first-order valence-electron chi connectivity index (χ1n) is 6.16. The van der Waals surface area contributed by atoms with Crippen LogP contribution in [-0.2, 0) is 28.6 Å². The Balaban J connectivity index is 1.95. The second-order valence-electron chi connectivity index (χ2n) is 5.25. The zero-order valence-corrected chi connectivity index (χ0v) is 10.5. The lowest BCUT2D eigenvalue weighted by atomic mass is 9.74. The quantitative estimate of drug-likeness (QED) is 0.413. The van der Waals surface area contributed by atoms with Crippen molar-refractivity contribution in [3.8, 4) is 0 Å². The fourth-order valence-electron chi connectivity index (χ4n) is 3.84. The van der Waals surface area contributed by atoms with Gasteiger partial charge >= 0.3 is 17.9 Å². The molecule has 3 rings (SSSR count). The molecule has 1 heterocycles. The second-order valence-corrected chi connectivity index (χ2v) is 5.25. The van der Waals surface area contributed by atoms with E-state index in [9.17, 15) is 14.4 Å². The summed E-state index contributed by atoms with van der Waals surface area (Å²) in [6.45, 7) is 3.34. The lowest BCUT2D eigenvalue weighted by Crippen LogP contribution is -2.46. The van der Waals surface area contributed by atoms with Gasteiger partial charge in [-0.1, -0.05) is 6.58 Å². The Kier molecular flexibility index (Phi) is 2.45. The largest absolute Gasteiger partial charge is 0.468 e. The van der Waals surface area contributed by atoms with Crippen LogP contribution in [0.1, 0.15) is 12.8 Å². The lowest BCUT2D eigenvalue weighted by Gasteiger charge is -2.30. The van der Waals surface area contributed by atoms with Crippen LogP contribution < -0.4 is 0 Å². The van der Waals surface area contributed by atoms with Gasteiger partial charge < -0.3 is 14.2 Å². The highest BCUT2D eigenvalue weighted by molar-refractivity contribution is 5.91. The van der Waals surface area contributed by atoms with Crippen LogP contribution in [0.2, 0.25) is 0 Å². The van der Waals surface area contributed by atoms with Crippen molar-refractivity contribution in [1.29, 1.82) is 0 Å². The van der Waals surface area contributed by atoms with Gasteiger partial charge in [-0.25, -0.2) is 4.79 Å². The van der Waals surface area contributed by atoms with Crippen LogP contribution in [0.25, 0.3) is 0 Å². The van der Waals surface area contributed by atoms with Crippen LogP contribution in [0.4, 0.5) is 0 Å². The van der Waals surface area contributed by atoms with Crippen molar-refractivity contribution in [1.82, 2.24) is 0 Å². The molecular weight excluding hydrogens is 252 g/mol. The fraction of sp³-hybridized carbons (Fsp3) is 0.615. The third-order valence-electron chi connectivity index (χ3n) is 4.54. The smallest absolute Gasteiger partial charge is 0.330 e. The molecule has 6 heteroatoms. The maximum Gasteiger partial charge on any atom is 0.330 e. The molecule has 0 spiro atoms. The minimum Gasteiger partial charge on any atom is -0.468 e. The van der Waals surface area contributed by atoms with E-state index >= 15 is 0 Å². The maximum absolute atomic E-state index is 12.1. The standard InChI is InChI=1S/C13H14O6/c1-3-8(14)18-9-6-4-7-11(15)19-10(9)13(7,5-6)12(16)17-2/h3,6-7,9-10H,1,4-5H2,2H3. The predicted octanol–water partition coefficient (Wildman–Crippen LogP) is 0.209. The molecule has 2 bridgehead atoms. The van der Waals surface area contributed by atoms with E-state index in [1.807, 2.05) is 0 Å².